The molecule has 0 aliphatic carbocycles. The van der Waals surface area contributed by atoms with Gasteiger partial charge >= 0.3 is 0 Å². The summed E-state index contributed by atoms with van der Waals surface area (Å²) < 4.78 is 0. The fourth-order valence-corrected chi connectivity index (χ4v) is 3.23. The SMILES string of the molecule is CC(C)(C)[C@H](c1ccc(Cl)c([N+](=O)[O-])c1)N1CCNCC1. The van der Waals surface area contributed by atoms with E-state index in [9.17, 15) is 10.1 Å². The van der Waals surface area contributed by atoms with Crippen LogP contribution in [-0.4, -0.2) is 36.0 Å². The summed E-state index contributed by atoms with van der Waals surface area (Å²) in [6, 6.07) is 5.30. The van der Waals surface area contributed by atoms with Crippen LogP contribution in [0.2, 0.25) is 5.02 Å². The Morgan fingerprint density at radius 1 is 1.33 bits per heavy atom. The molecule has 1 aliphatic rings. The first-order chi connectivity index (χ1) is 9.80. The molecule has 1 aromatic rings. The second-order valence-electron chi connectivity index (χ2n) is 6.52. The van der Waals surface area contributed by atoms with Crippen molar-refractivity contribution in [2.45, 2.75) is 26.8 Å². The monoisotopic (exact) mass is 311 g/mol. The topological polar surface area (TPSA) is 58.4 Å². The van der Waals surface area contributed by atoms with Crippen LogP contribution in [0.4, 0.5) is 5.69 Å². The Kier molecular flexibility index (Phi) is 4.86. The van der Waals surface area contributed by atoms with Crippen molar-refractivity contribution in [1.29, 1.82) is 0 Å². The minimum Gasteiger partial charge on any atom is -0.314 e. The zero-order valence-corrected chi connectivity index (χ0v) is 13.5. The van der Waals surface area contributed by atoms with Crippen LogP contribution in [-0.2, 0) is 0 Å². The van der Waals surface area contributed by atoms with Gasteiger partial charge in [0.15, 0.2) is 0 Å². The van der Waals surface area contributed by atoms with Crippen molar-refractivity contribution in [3.8, 4) is 0 Å². The second-order valence-corrected chi connectivity index (χ2v) is 6.93. The molecule has 5 nitrogen and oxygen atoms in total. The van der Waals surface area contributed by atoms with Gasteiger partial charge in [0.25, 0.3) is 5.69 Å². The number of nitrogens with one attached hydrogen (secondary N) is 1. The van der Waals surface area contributed by atoms with Crippen LogP contribution < -0.4 is 5.32 Å². The van der Waals surface area contributed by atoms with Crippen molar-refractivity contribution >= 4 is 17.3 Å². The molecule has 1 saturated heterocycles. The molecule has 0 amide bonds. The molecule has 0 saturated carbocycles. The Bertz CT molecular complexity index is 522. The molecular weight excluding hydrogens is 290 g/mol. The largest absolute Gasteiger partial charge is 0.314 e. The first-order valence-electron chi connectivity index (χ1n) is 7.19. The van der Waals surface area contributed by atoms with Crippen molar-refractivity contribution in [3.63, 3.8) is 0 Å². The van der Waals surface area contributed by atoms with Crippen LogP contribution in [0.1, 0.15) is 32.4 Å². The number of benzene rings is 1. The lowest BCUT2D eigenvalue weighted by atomic mass is 9.81. The van der Waals surface area contributed by atoms with Crippen LogP contribution in [0, 0.1) is 15.5 Å². The van der Waals surface area contributed by atoms with E-state index < -0.39 is 4.92 Å². The van der Waals surface area contributed by atoms with Crippen LogP contribution in [0.3, 0.4) is 0 Å². The standard InChI is InChI=1S/C15H22ClN3O2/c1-15(2,3)14(18-8-6-17-7-9-18)11-4-5-12(16)13(10-11)19(20)21/h4-5,10,14,17H,6-9H2,1-3H3/t14-/m0/s1. The lowest BCUT2D eigenvalue weighted by molar-refractivity contribution is -0.384. The summed E-state index contributed by atoms with van der Waals surface area (Å²) in [6.07, 6.45) is 0. The Labute approximate surface area is 130 Å². The zero-order chi connectivity index (χ0) is 15.6. The van der Waals surface area contributed by atoms with Crippen LogP contribution in [0.5, 0.6) is 0 Å². The van der Waals surface area contributed by atoms with E-state index in [2.05, 4.69) is 31.0 Å². The van der Waals surface area contributed by atoms with Gasteiger partial charge in [-0.25, -0.2) is 0 Å². The van der Waals surface area contributed by atoms with Gasteiger partial charge in [0.2, 0.25) is 0 Å². The molecule has 21 heavy (non-hydrogen) atoms. The van der Waals surface area contributed by atoms with E-state index >= 15 is 0 Å². The molecule has 1 aliphatic heterocycles. The number of nitrogens with zero attached hydrogens (tertiary/aromatic N) is 2. The number of nitro groups is 1. The summed E-state index contributed by atoms with van der Waals surface area (Å²) in [5, 5.41) is 14.7. The van der Waals surface area contributed by atoms with Gasteiger partial charge in [-0.15, -0.1) is 0 Å². The predicted octanol–water partition coefficient (Wildman–Crippen LogP) is 3.24. The lowest BCUT2D eigenvalue weighted by Crippen LogP contribution is -2.48. The average Bonchev–Trinajstić information content (AvgIpc) is 2.40. The molecule has 116 valence electrons. The van der Waals surface area contributed by atoms with Crippen molar-refractivity contribution in [2.75, 3.05) is 26.2 Å². The molecule has 0 aromatic heterocycles. The summed E-state index contributed by atoms with van der Waals surface area (Å²) >= 11 is 5.93. The number of piperazine rings is 1. The van der Waals surface area contributed by atoms with Crippen molar-refractivity contribution < 1.29 is 4.92 Å². The van der Waals surface area contributed by atoms with E-state index in [4.69, 9.17) is 11.6 Å². The lowest BCUT2D eigenvalue weighted by Gasteiger charge is -2.42. The third-order valence-electron chi connectivity index (χ3n) is 3.82. The smallest absolute Gasteiger partial charge is 0.288 e. The average molecular weight is 312 g/mol. The maximum Gasteiger partial charge on any atom is 0.288 e. The molecule has 0 spiro atoms. The molecule has 6 heteroatoms. The minimum atomic E-state index is -0.413. The number of halogens is 1. The Balaban J connectivity index is 2.41. The highest BCUT2D eigenvalue weighted by Gasteiger charge is 2.33. The quantitative estimate of drug-likeness (QED) is 0.687. The molecule has 2 rings (SSSR count). The van der Waals surface area contributed by atoms with Gasteiger partial charge in [-0.2, -0.15) is 0 Å². The first kappa shape index (κ1) is 16.2. The maximum absolute atomic E-state index is 11.1. The van der Waals surface area contributed by atoms with Gasteiger partial charge in [0.05, 0.1) is 4.92 Å². The zero-order valence-electron chi connectivity index (χ0n) is 12.7. The number of nitro benzene ring substituents is 1. The molecule has 0 unspecified atom stereocenters. The highest BCUT2D eigenvalue weighted by atomic mass is 35.5. The highest BCUT2D eigenvalue weighted by molar-refractivity contribution is 6.32. The van der Waals surface area contributed by atoms with E-state index in [0.29, 0.717) is 0 Å². The Morgan fingerprint density at radius 3 is 2.48 bits per heavy atom. The summed E-state index contributed by atoms with van der Waals surface area (Å²) in [6.45, 7) is 10.3. The molecule has 1 fully saturated rings. The number of hydrogen-bond acceptors (Lipinski definition) is 4. The van der Waals surface area contributed by atoms with E-state index in [1.807, 2.05) is 6.07 Å². The normalized spacial score (nSPS) is 18.5. The van der Waals surface area contributed by atoms with Crippen LogP contribution >= 0.6 is 11.6 Å². The summed E-state index contributed by atoms with van der Waals surface area (Å²) in [7, 11) is 0. The van der Waals surface area contributed by atoms with E-state index in [1.165, 1.54) is 0 Å². The molecule has 1 atom stereocenters. The van der Waals surface area contributed by atoms with Gasteiger partial charge < -0.3 is 5.32 Å². The summed E-state index contributed by atoms with van der Waals surface area (Å²) in [5.74, 6) is 0. The van der Waals surface area contributed by atoms with Gasteiger partial charge in [-0.1, -0.05) is 38.4 Å². The second kappa shape index (κ2) is 6.30. The molecule has 0 bridgehead atoms. The van der Waals surface area contributed by atoms with Gasteiger partial charge in [0.1, 0.15) is 5.02 Å². The minimum absolute atomic E-state index is 0.0148. The highest BCUT2D eigenvalue weighted by Crippen LogP contribution is 2.40. The van der Waals surface area contributed by atoms with E-state index in [-0.39, 0.29) is 22.2 Å². The Morgan fingerprint density at radius 2 is 1.95 bits per heavy atom. The van der Waals surface area contributed by atoms with E-state index in [1.54, 1.807) is 12.1 Å². The van der Waals surface area contributed by atoms with Gasteiger partial charge in [-0.3, -0.25) is 15.0 Å². The fourth-order valence-electron chi connectivity index (χ4n) is 3.04. The van der Waals surface area contributed by atoms with Crippen LogP contribution in [0.25, 0.3) is 0 Å². The first-order valence-corrected chi connectivity index (χ1v) is 7.57. The molecule has 1 N–H and O–H groups in total. The molecular formula is C15H22ClN3O2. The van der Waals surface area contributed by atoms with E-state index in [0.717, 1.165) is 31.7 Å². The van der Waals surface area contributed by atoms with Crippen molar-refractivity contribution in [1.82, 2.24) is 10.2 Å². The fraction of sp³-hybridized carbons (Fsp3) is 0.600. The Hall–Kier alpha value is -1.17. The third kappa shape index (κ3) is 3.73. The van der Waals surface area contributed by atoms with Gasteiger partial charge in [-0.05, 0) is 17.0 Å². The molecule has 0 radical (unpaired) electrons. The predicted molar refractivity (Wildman–Crippen MR) is 84.7 cm³/mol. The summed E-state index contributed by atoms with van der Waals surface area (Å²) in [4.78, 5) is 13.1. The third-order valence-corrected chi connectivity index (χ3v) is 4.14. The maximum atomic E-state index is 11.1. The summed E-state index contributed by atoms with van der Waals surface area (Å²) in [5.41, 5.74) is 0.929. The van der Waals surface area contributed by atoms with Crippen molar-refractivity contribution in [2.24, 2.45) is 5.41 Å². The van der Waals surface area contributed by atoms with Crippen LogP contribution in [0.15, 0.2) is 18.2 Å². The molecule has 1 heterocycles. The van der Waals surface area contributed by atoms with Gasteiger partial charge in [0, 0.05) is 38.3 Å². The van der Waals surface area contributed by atoms with Crippen molar-refractivity contribution in [3.05, 3.63) is 38.9 Å². The number of hydrogen-bond donors (Lipinski definition) is 1. The number of rotatable bonds is 3. The molecule has 1 aromatic carbocycles.